The number of benzene rings is 2. The minimum atomic E-state index is -3.45. The van der Waals surface area contributed by atoms with Crippen molar-refractivity contribution in [3.8, 4) is 11.3 Å². The van der Waals surface area contributed by atoms with Crippen LogP contribution < -0.4 is 5.32 Å². The number of amides is 1. The lowest BCUT2D eigenvalue weighted by Gasteiger charge is -2.15. The van der Waals surface area contributed by atoms with Crippen LogP contribution in [0.5, 0.6) is 0 Å². The zero-order valence-electron chi connectivity index (χ0n) is 18.5. The van der Waals surface area contributed by atoms with Crippen LogP contribution in [-0.4, -0.2) is 41.7 Å². The molecule has 1 aliphatic heterocycles. The quantitative estimate of drug-likeness (QED) is 0.458. The Balaban J connectivity index is 1.36. The third kappa shape index (κ3) is 4.42. The number of aromatic nitrogens is 2. The van der Waals surface area contributed by atoms with Gasteiger partial charge >= 0.3 is 0 Å². The van der Waals surface area contributed by atoms with Crippen molar-refractivity contribution in [3.63, 3.8) is 0 Å². The Morgan fingerprint density at radius 1 is 0.941 bits per heavy atom. The van der Waals surface area contributed by atoms with Crippen LogP contribution in [0, 0.1) is 0 Å². The second-order valence-corrected chi connectivity index (χ2v) is 10.2. The van der Waals surface area contributed by atoms with Crippen molar-refractivity contribution in [1.29, 1.82) is 0 Å². The molecule has 0 spiro atoms. The van der Waals surface area contributed by atoms with Gasteiger partial charge in [-0.15, -0.1) is 0 Å². The molecule has 0 atom stereocenters. The van der Waals surface area contributed by atoms with Gasteiger partial charge in [0.25, 0.3) is 5.91 Å². The van der Waals surface area contributed by atoms with Crippen LogP contribution >= 0.6 is 0 Å². The second-order valence-electron chi connectivity index (χ2n) is 8.25. The first-order valence-electron chi connectivity index (χ1n) is 11.2. The molecular weight excluding hydrogens is 448 g/mol. The molecule has 0 aliphatic carbocycles. The summed E-state index contributed by atoms with van der Waals surface area (Å²) in [5, 5.41) is 3.73. The predicted molar refractivity (Wildman–Crippen MR) is 131 cm³/mol. The number of pyridine rings is 2. The first-order chi connectivity index (χ1) is 16.5. The summed E-state index contributed by atoms with van der Waals surface area (Å²) >= 11 is 0. The van der Waals surface area contributed by atoms with E-state index in [1.807, 2.05) is 36.4 Å². The van der Waals surface area contributed by atoms with Crippen LogP contribution in [0.25, 0.3) is 22.2 Å². The highest BCUT2D eigenvalue weighted by Crippen LogP contribution is 2.25. The van der Waals surface area contributed by atoms with Crippen molar-refractivity contribution < 1.29 is 13.2 Å². The number of carbonyl (C=O) groups excluding carboxylic acids is 1. The largest absolute Gasteiger partial charge is 0.348 e. The molecule has 7 nitrogen and oxygen atoms in total. The molecule has 4 aromatic rings. The number of sulfonamides is 1. The van der Waals surface area contributed by atoms with Crippen LogP contribution in [0.4, 0.5) is 0 Å². The summed E-state index contributed by atoms with van der Waals surface area (Å²) in [6.45, 7) is 1.42. The number of carbonyl (C=O) groups is 1. The molecule has 0 saturated carbocycles. The van der Waals surface area contributed by atoms with Gasteiger partial charge in [0.05, 0.1) is 21.7 Å². The van der Waals surface area contributed by atoms with Crippen LogP contribution in [0.15, 0.2) is 84.0 Å². The van der Waals surface area contributed by atoms with E-state index in [1.165, 1.54) is 4.31 Å². The molecule has 1 saturated heterocycles. The zero-order valence-corrected chi connectivity index (χ0v) is 19.3. The Kier molecular flexibility index (Phi) is 6.08. The third-order valence-electron chi connectivity index (χ3n) is 6.02. The second kappa shape index (κ2) is 9.32. The van der Waals surface area contributed by atoms with Crippen molar-refractivity contribution in [2.75, 3.05) is 13.1 Å². The van der Waals surface area contributed by atoms with E-state index < -0.39 is 10.0 Å². The Labute approximate surface area is 198 Å². The summed E-state index contributed by atoms with van der Waals surface area (Å²) in [5.74, 6) is -0.220. The number of hydrogen-bond acceptors (Lipinski definition) is 5. The number of nitrogens with zero attached hydrogens (tertiary/aromatic N) is 3. The van der Waals surface area contributed by atoms with Crippen molar-refractivity contribution in [1.82, 2.24) is 19.6 Å². The molecule has 34 heavy (non-hydrogen) atoms. The van der Waals surface area contributed by atoms with Gasteiger partial charge < -0.3 is 5.32 Å². The van der Waals surface area contributed by atoms with Crippen molar-refractivity contribution in [2.45, 2.75) is 24.3 Å². The fourth-order valence-electron chi connectivity index (χ4n) is 4.17. The van der Waals surface area contributed by atoms with E-state index in [1.54, 1.807) is 42.7 Å². The van der Waals surface area contributed by atoms with Crippen LogP contribution in [0.2, 0.25) is 0 Å². The fourth-order valence-corrected chi connectivity index (χ4v) is 5.69. The summed E-state index contributed by atoms with van der Waals surface area (Å²) in [6.07, 6.45) is 5.19. The molecule has 0 unspecified atom stereocenters. The molecule has 1 amide bonds. The topological polar surface area (TPSA) is 92.3 Å². The number of fused-ring (bicyclic) bond motifs is 1. The Morgan fingerprint density at radius 3 is 2.38 bits per heavy atom. The van der Waals surface area contributed by atoms with E-state index in [4.69, 9.17) is 4.98 Å². The number of para-hydroxylation sites is 1. The maximum Gasteiger partial charge on any atom is 0.252 e. The van der Waals surface area contributed by atoms with E-state index in [-0.39, 0.29) is 17.3 Å². The van der Waals surface area contributed by atoms with E-state index in [9.17, 15) is 13.2 Å². The lowest BCUT2D eigenvalue weighted by molar-refractivity contribution is 0.0952. The number of hydrogen-bond donors (Lipinski definition) is 1. The SMILES string of the molecule is O=C(NCc1ccc(S(=O)(=O)N2CCCC2)cc1)c1cc(-c2ccncc2)nc2ccccc12. The van der Waals surface area contributed by atoms with Crippen molar-refractivity contribution >= 4 is 26.8 Å². The number of nitrogens with one attached hydrogen (secondary N) is 1. The molecule has 0 radical (unpaired) electrons. The van der Waals surface area contributed by atoms with Crippen molar-refractivity contribution in [3.05, 3.63) is 90.3 Å². The van der Waals surface area contributed by atoms with Gasteiger partial charge in [0, 0.05) is 43.0 Å². The standard InChI is InChI=1S/C26H24N4O3S/c31-26(28-18-19-7-9-21(10-8-19)34(32,33)30-15-3-4-16-30)23-17-25(20-11-13-27-14-12-20)29-24-6-2-1-5-22(23)24/h1-2,5-14,17H,3-4,15-16,18H2,(H,28,31). The van der Waals surface area contributed by atoms with E-state index in [0.29, 0.717) is 24.3 Å². The molecule has 2 aromatic carbocycles. The molecule has 8 heteroatoms. The predicted octanol–water partition coefficient (Wildman–Crippen LogP) is 4.01. The molecule has 5 rings (SSSR count). The van der Waals surface area contributed by atoms with Gasteiger partial charge in [0.1, 0.15) is 0 Å². The van der Waals surface area contributed by atoms with Gasteiger partial charge in [-0.05, 0) is 54.8 Å². The van der Waals surface area contributed by atoms with Crippen LogP contribution in [-0.2, 0) is 16.6 Å². The van der Waals surface area contributed by atoms with Gasteiger partial charge in [-0.3, -0.25) is 9.78 Å². The lowest BCUT2D eigenvalue weighted by atomic mass is 10.0. The Bertz CT molecular complexity index is 1430. The van der Waals surface area contributed by atoms with E-state index in [2.05, 4.69) is 10.3 Å². The highest BCUT2D eigenvalue weighted by molar-refractivity contribution is 7.89. The summed E-state index contributed by atoms with van der Waals surface area (Å²) in [5.41, 5.74) is 3.66. The van der Waals surface area contributed by atoms with Gasteiger partial charge in [-0.2, -0.15) is 4.31 Å². The lowest BCUT2D eigenvalue weighted by Crippen LogP contribution is -2.28. The summed E-state index contributed by atoms with van der Waals surface area (Å²) < 4.78 is 27.0. The first kappa shape index (κ1) is 22.2. The molecule has 1 N–H and O–H groups in total. The molecular formula is C26H24N4O3S. The van der Waals surface area contributed by atoms with E-state index in [0.717, 1.165) is 34.9 Å². The molecule has 3 heterocycles. The first-order valence-corrected chi connectivity index (χ1v) is 12.6. The third-order valence-corrected chi connectivity index (χ3v) is 7.93. The smallest absolute Gasteiger partial charge is 0.252 e. The van der Waals surface area contributed by atoms with Gasteiger partial charge in [0.15, 0.2) is 0 Å². The van der Waals surface area contributed by atoms with Gasteiger partial charge in [0.2, 0.25) is 10.0 Å². The highest BCUT2D eigenvalue weighted by atomic mass is 32.2. The summed E-state index contributed by atoms with van der Waals surface area (Å²) in [4.78, 5) is 22.2. The Morgan fingerprint density at radius 2 is 1.65 bits per heavy atom. The minimum Gasteiger partial charge on any atom is -0.348 e. The zero-order chi connectivity index (χ0) is 23.5. The maximum atomic E-state index is 13.2. The van der Waals surface area contributed by atoms with Crippen LogP contribution in [0.1, 0.15) is 28.8 Å². The summed E-state index contributed by atoms with van der Waals surface area (Å²) in [7, 11) is -3.45. The van der Waals surface area contributed by atoms with Gasteiger partial charge in [-0.1, -0.05) is 30.3 Å². The average molecular weight is 473 g/mol. The molecule has 1 aliphatic rings. The van der Waals surface area contributed by atoms with Crippen molar-refractivity contribution in [2.24, 2.45) is 0 Å². The molecule has 1 fully saturated rings. The van der Waals surface area contributed by atoms with E-state index >= 15 is 0 Å². The fraction of sp³-hybridized carbons (Fsp3) is 0.192. The maximum absolute atomic E-state index is 13.2. The Hall–Kier alpha value is -3.62. The highest BCUT2D eigenvalue weighted by Gasteiger charge is 2.26. The normalized spacial score (nSPS) is 14.4. The average Bonchev–Trinajstić information content (AvgIpc) is 3.43. The minimum absolute atomic E-state index is 0.220. The monoisotopic (exact) mass is 472 g/mol. The van der Waals surface area contributed by atoms with Gasteiger partial charge in [-0.25, -0.2) is 13.4 Å². The molecule has 2 aromatic heterocycles. The molecule has 172 valence electrons. The summed E-state index contributed by atoms with van der Waals surface area (Å²) in [6, 6.07) is 19.8. The van der Waals surface area contributed by atoms with Crippen LogP contribution in [0.3, 0.4) is 0 Å². The molecule has 0 bridgehead atoms. The number of rotatable bonds is 6.